The zero-order chi connectivity index (χ0) is 14.0. The molecule has 1 N–H and O–H groups in total. The van der Waals surface area contributed by atoms with Crippen molar-refractivity contribution in [2.24, 2.45) is 13.0 Å². The molecule has 0 saturated carbocycles. The Morgan fingerprint density at radius 2 is 2.37 bits per heavy atom. The largest absolute Gasteiger partial charge is 0.435 e. The van der Waals surface area contributed by atoms with Gasteiger partial charge in [0, 0.05) is 32.2 Å². The van der Waals surface area contributed by atoms with Gasteiger partial charge in [-0.05, 0) is 6.42 Å². The second-order valence-corrected chi connectivity index (χ2v) is 4.48. The first-order valence-electron chi connectivity index (χ1n) is 5.85. The first-order valence-corrected chi connectivity index (χ1v) is 5.85. The van der Waals surface area contributed by atoms with E-state index in [1.165, 1.54) is 7.05 Å². The highest BCUT2D eigenvalue weighted by molar-refractivity contribution is 5.92. The van der Waals surface area contributed by atoms with Crippen LogP contribution in [0.15, 0.2) is 6.07 Å². The predicted molar refractivity (Wildman–Crippen MR) is 59.5 cm³/mol. The molecule has 1 aliphatic rings. The summed E-state index contributed by atoms with van der Waals surface area (Å²) in [6.45, 7) is 1.62. The minimum absolute atomic E-state index is 0.105. The number of carbonyl (C=O) groups excluding carboxylic acids is 1. The Morgan fingerprint density at radius 1 is 1.63 bits per heavy atom. The first kappa shape index (κ1) is 13.9. The number of nitrogens with zero attached hydrogens (tertiary/aromatic N) is 2. The second kappa shape index (κ2) is 5.20. The number of aromatic nitrogens is 2. The number of nitrogens with one attached hydrogen (secondary N) is 1. The Morgan fingerprint density at radius 3 is 2.89 bits per heavy atom. The summed E-state index contributed by atoms with van der Waals surface area (Å²) in [6, 6.07) is 0.750. The van der Waals surface area contributed by atoms with Gasteiger partial charge in [0.05, 0.1) is 6.61 Å². The second-order valence-electron chi connectivity index (χ2n) is 4.48. The summed E-state index contributed by atoms with van der Waals surface area (Å²) in [5.41, 5.74) is -1.17. The Hall–Kier alpha value is -1.57. The molecule has 0 aromatic carbocycles. The highest BCUT2D eigenvalue weighted by atomic mass is 19.4. The minimum Gasteiger partial charge on any atom is -0.381 e. The van der Waals surface area contributed by atoms with E-state index < -0.39 is 17.8 Å². The molecule has 2 heterocycles. The van der Waals surface area contributed by atoms with Crippen molar-refractivity contribution >= 4 is 5.91 Å². The summed E-state index contributed by atoms with van der Waals surface area (Å²) >= 11 is 0. The van der Waals surface area contributed by atoms with Crippen LogP contribution in [0, 0.1) is 5.92 Å². The Kier molecular flexibility index (Phi) is 3.79. The molecule has 1 atom stereocenters. The number of halogens is 3. The van der Waals surface area contributed by atoms with E-state index in [-0.39, 0.29) is 11.6 Å². The lowest BCUT2D eigenvalue weighted by Crippen LogP contribution is -2.30. The molecule has 0 unspecified atom stereocenters. The van der Waals surface area contributed by atoms with E-state index in [1.54, 1.807) is 0 Å². The molecule has 1 saturated heterocycles. The SMILES string of the molecule is Cn1nc(C(F)(F)F)cc1C(=O)NC[C@H]1CCOC1. The van der Waals surface area contributed by atoms with Gasteiger partial charge >= 0.3 is 6.18 Å². The van der Waals surface area contributed by atoms with Crippen LogP contribution in [0.25, 0.3) is 0 Å². The standard InChI is InChI=1S/C11H14F3N3O2/c1-17-8(4-9(16-17)11(12,13)14)10(18)15-5-7-2-3-19-6-7/h4,7H,2-3,5-6H2,1H3,(H,15,18)/t7-/m1/s1. The molecule has 1 fully saturated rings. The lowest BCUT2D eigenvalue weighted by molar-refractivity contribution is -0.141. The average Bonchev–Trinajstić information content (AvgIpc) is 2.93. The summed E-state index contributed by atoms with van der Waals surface area (Å²) in [5, 5.41) is 5.89. The van der Waals surface area contributed by atoms with Crippen molar-refractivity contribution in [3.05, 3.63) is 17.5 Å². The molecule has 1 aromatic rings. The van der Waals surface area contributed by atoms with Crippen LogP contribution in [0.1, 0.15) is 22.6 Å². The van der Waals surface area contributed by atoms with Gasteiger partial charge in [0.15, 0.2) is 5.69 Å². The third-order valence-electron chi connectivity index (χ3n) is 2.98. The van der Waals surface area contributed by atoms with Crippen molar-refractivity contribution in [2.45, 2.75) is 12.6 Å². The normalized spacial score (nSPS) is 19.7. The molecule has 0 bridgehead atoms. The Labute approximate surface area is 107 Å². The van der Waals surface area contributed by atoms with Gasteiger partial charge in [0.2, 0.25) is 0 Å². The number of hydrogen-bond acceptors (Lipinski definition) is 3. The van der Waals surface area contributed by atoms with Gasteiger partial charge in [-0.2, -0.15) is 18.3 Å². The average molecular weight is 277 g/mol. The quantitative estimate of drug-likeness (QED) is 0.903. The summed E-state index contributed by atoms with van der Waals surface area (Å²) in [5.74, 6) is -0.336. The summed E-state index contributed by atoms with van der Waals surface area (Å²) in [4.78, 5) is 11.8. The molecule has 1 aromatic heterocycles. The van der Waals surface area contributed by atoms with Crippen LogP contribution in [-0.2, 0) is 18.0 Å². The zero-order valence-electron chi connectivity index (χ0n) is 10.3. The highest BCUT2D eigenvalue weighted by Gasteiger charge is 2.35. The van der Waals surface area contributed by atoms with Crippen molar-refractivity contribution in [3.63, 3.8) is 0 Å². The number of rotatable bonds is 3. The monoisotopic (exact) mass is 277 g/mol. The van der Waals surface area contributed by atoms with Crippen molar-refractivity contribution < 1.29 is 22.7 Å². The Balaban J connectivity index is 2.00. The number of carbonyl (C=O) groups is 1. The smallest absolute Gasteiger partial charge is 0.381 e. The fourth-order valence-corrected chi connectivity index (χ4v) is 1.89. The van der Waals surface area contributed by atoms with Crippen molar-refractivity contribution in [1.82, 2.24) is 15.1 Å². The number of aryl methyl sites for hydroxylation is 1. The zero-order valence-corrected chi connectivity index (χ0v) is 10.3. The maximum absolute atomic E-state index is 12.5. The van der Waals surface area contributed by atoms with Crippen LogP contribution in [-0.4, -0.2) is 35.4 Å². The maximum Gasteiger partial charge on any atom is 0.435 e. The van der Waals surface area contributed by atoms with Gasteiger partial charge in [-0.3, -0.25) is 9.48 Å². The van der Waals surface area contributed by atoms with Crippen LogP contribution in [0.2, 0.25) is 0 Å². The van der Waals surface area contributed by atoms with Gasteiger partial charge in [0.25, 0.3) is 5.91 Å². The van der Waals surface area contributed by atoms with E-state index in [1.807, 2.05) is 0 Å². The van der Waals surface area contributed by atoms with Gasteiger partial charge in [-0.1, -0.05) is 0 Å². The summed E-state index contributed by atoms with van der Waals surface area (Å²) in [6.07, 6.45) is -3.70. The fourth-order valence-electron chi connectivity index (χ4n) is 1.89. The summed E-state index contributed by atoms with van der Waals surface area (Å²) < 4.78 is 43.4. The van der Waals surface area contributed by atoms with E-state index in [0.717, 1.165) is 17.2 Å². The predicted octanol–water partition coefficient (Wildman–Crippen LogP) is 1.21. The Bertz CT molecular complexity index is 464. The van der Waals surface area contributed by atoms with Crippen molar-refractivity contribution in [1.29, 1.82) is 0 Å². The first-order chi connectivity index (χ1) is 8.88. The molecule has 0 spiro atoms. The fraction of sp³-hybridized carbons (Fsp3) is 0.636. The van der Waals surface area contributed by atoms with E-state index in [0.29, 0.717) is 19.8 Å². The van der Waals surface area contributed by atoms with Crippen LogP contribution in [0.4, 0.5) is 13.2 Å². The third-order valence-corrected chi connectivity index (χ3v) is 2.98. The molecule has 1 amide bonds. The molecule has 8 heteroatoms. The van der Waals surface area contributed by atoms with E-state index in [2.05, 4.69) is 10.4 Å². The minimum atomic E-state index is -4.55. The molecule has 0 aliphatic carbocycles. The number of ether oxygens (including phenoxy) is 1. The van der Waals surface area contributed by atoms with Gasteiger partial charge in [-0.25, -0.2) is 0 Å². The topological polar surface area (TPSA) is 56.2 Å². The van der Waals surface area contributed by atoms with Crippen LogP contribution < -0.4 is 5.32 Å². The number of amides is 1. The maximum atomic E-state index is 12.5. The number of alkyl halides is 3. The number of hydrogen-bond donors (Lipinski definition) is 1. The van der Waals surface area contributed by atoms with Crippen LogP contribution >= 0.6 is 0 Å². The molecule has 1 aliphatic heterocycles. The molecule has 5 nitrogen and oxygen atoms in total. The van der Waals surface area contributed by atoms with E-state index in [9.17, 15) is 18.0 Å². The van der Waals surface area contributed by atoms with Gasteiger partial charge < -0.3 is 10.1 Å². The molecule has 19 heavy (non-hydrogen) atoms. The van der Waals surface area contributed by atoms with E-state index in [4.69, 9.17) is 4.74 Å². The van der Waals surface area contributed by atoms with Crippen molar-refractivity contribution in [2.75, 3.05) is 19.8 Å². The van der Waals surface area contributed by atoms with Crippen LogP contribution in [0.3, 0.4) is 0 Å². The molecule has 106 valence electrons. The van der Waals surface area contributed by atoms with Gasteiger partial charge in [0.1, 0.15) is 5.69 Å². The molecular formula is C11H14F3N3O2. The molecular weight excluding hydrogens is 263 g/mol. The lowest BCUT2D eigenvalue weighted by atomic mass is 10.1. The molecule has 0 radical (unpaired) electrons. The van der Waals surface area contributed by atoms with Gasteiger partial charge in [-0.15, -0.1) is 0 Å². The third kappa shape index (κ3) is 3.25. The molecule has 2 rings (SSSR count). The summed E-state index contributed by atoms with van der Waals surface area (Å²) in [7, 11) is 1.31. The van der Waals surface area contributed by atoms with E-state index >= 15 is 0 Å². The van der Waals surface area contributed by atoms with Crippen molar-refractivity contribution in [3.8, 4) is 0 Å². The lowest BCUT2D eigenvalue weighted by Gasteiger charge is -2.09. The van der Waals surface area contributed by atoms with Crippen LogP contribution in [0.5, 0.6) is 0 Å². The highest BCUT2D eigenvalue weighted by Crippen LogP contribution is 2.28.